The van der Waals surface area contributed by atoms with Crippen LogP contribution in [0.1, 0.15) is 27.7 Å². The molecule has 0 aliphatic heterocycles. The summed E-state index contributed by atoms with van der Waals surface area (Å²) in [6.07, 6.45) is 2.01. The molecule has 0 aliphatic rings. The molecule has 80 valence electrons. The first-order valence-corrected chi connectivity index (χ1v) is 6.08. The zero-order valence-electron chi connectivity index (χ0n) is 9.48. The van der Waals surface area contributed by atoms with E-state index in [9.17, 15) is 5.11 Å². The van der Waals surface area contributed by atoms with Crippen LogP contribution in [-0.4, -0.2) is 35.8 Å². The van der Waals surface area contributed by atoms with Crippen molar-refractivity contribution >= 4 is 11.8 Å². The average Bonchev–Trinajstić information content (AvgIpc) is 1.82. The molecular formula is C10H23NOS. The third kappa shape index (κ3) is 8.60. The van der Waals surface area contributed by atoms with Crippen molar-refractivity contribution in [3.8, 4) is 0 Å². The zero-order valence-corrected chi connectivity index (χ0v) is 10.3. The largest absolute Gasteiger partial charge is 0.388 e. The first-order valence-electron chi connectivity index (χ1n) is 4.69. The number of nitrogens with one attached hydrogen (secondary N) is 1. The Bertz CT molecular complexity index is 140. The molecule has 0 saturated carbocycles. The summed E-state index contributed by atoms with van der Waals surface area (Å²) in [6, 6.07) is 0. The van der Waals surface area contributed by atoms with Gasteiger partial charge in [-0.05, 0) is 18.6 Å². The molecule has 0 aliphatic carbocycles. The van der Waals surface area contributed by atoms with Crippen molar-refractivity contribution in [3.05, 3.63) is 0 Å². The van der Waals surface area contributed by atoms with E-state index in [1.165, 1.54) is 0 Å². The van der Waals surface area contributed by atoms with Gasteiger partial charge in [-0.2, -0.15) is 11.8 Å². The van der Waals surface area contributed by atoms with E-state index in [4.69, 9.17) is 0 Å². The lowest BCUT2D eigenvalue weighted by Crippen LogP contribution is -2.42. The summed E-state index contributed by atoms with van der Waals surface area (Å²) < 4.78 is 0. The number of thioether (sulfide) groups is 1. The summed E-state index contributed by atoms with van der Waals surface area (Å²) in [6.45, 7) is 10.0. The van der Waals surface area contributed by atoms with Gasteiger partial charge in [0.1, 0.15) is 0 Å². The minimum Gasteiger partial charge on any atom is -0.388 e. The van der Waals surface area contributed by atoms with Crippen LogP contribution in [0, 0.1) is 5.41 Å². The Labute approximate surface area is 86.5 Å². The maximum atomic E-state index is 9.83. The minimum atomic E-state index is -0.579. The molecule has 0 saturated heterocycles. The summed E-state index contributed by atoms with van der Waals surface area (Å²) in [4.78, 5) is 0. The van der Waals surface area contributed by atoms with Gasteiger partial charge in [-0.3, -0.25) is 0 Å². The van der Waals surface area contributed by atoms with Crippen LogP contribution in [-0.2, 0) is 0 Å². The quantitative estimate of drug-likeness (QED) is 0.717. The molecule has 0 aromatic carbocycles. The third-order valence-electron chi connectivity index (χ3n) is 1.62. The van der Waals surface area contributed by atoms with Gasteiger partial charge in [0.05, 0.1) is 5.60 Å². The predicted octanol–water partition coefficient (Wildman–Crippen LogP) is 1.74. The second kappa shape index (κ2) is 5.23. The van der Waals surface area contributed by atoms with Crippen LogP contribution < -0.4 is 5.32 Å². The maximum Gasteiger partial charge on any atom is 0.0833 e. The monoisotopic (exact) mass is 205 g/mol. The molecule has 2 N–H and O–H groups in total. The normalized spacial score (nSPS) is 17.1. The number of hydrogen-bond donors (Lipinski definition) is 2. The second-order valence-corrected chi connectivity index (χ2v) is 5.96. The van der Waals surface area contributed by atoms with Gasteiger partial charge in [-0.15, -0.1) is 0 Å². The van der Waals surface area contributed by atoms with E-state index in [1.54, 1.807) is 11.8 Å². The van der Waals surface area contributed by atoms with E-state index in [-0.39, 0.29) is 5.41 Å². The first-order chi connectivity index (χ1) is 5.77. The molecule has 0 aromatic heterocycles. The van der Waals surface area contributed by atoms with Crippen LogP contribution in [0.5, 0.6) is 0 Å². The molecule has 3 heteroatoms. The summed E-state index contributed by atoms with van der Waals surface area (Å²) in [5.41, 5.74) is -0.292. The predicted molar refractivity (Wildman–Crippen MR) is 61.3 cm³/mol. The number of aliphatic hydroxyl groups is 1. The lowest BCUT2D eigenvalue weighted by Gasteiger charge is -2.26. The molecule has 0 aromatic rings. The molecule has 0 spiro atoms. The highest BCUT2D eigenvalue weighted by molar-refractivity contribution is 7.98. The minimum absolute atomic E-state index is 0.287. The number of hydrogen-bond acceptors (Lipinski definition) is 3. The maximum absolute atomic E-state index is 9.83. The van der Waals surface area contributed by atoms with Crippen molar-refractivity contribution < 1.29 is 5.11 Å². The lowest BCUT2D eigenvalue weighted by atomic mass is 9.96. The van der Waals surface area contributed by atoms with Gasteiger partial charge in [-0.25, -0.2) is 0 Å². The van der Waals surface area contributed by atoms with Crippen molar-refractivity contribution in [3.63, 3.8) is 0 Å². The van der Waals surface area contributed by atoms with Crippen molar-refractivity contribution in [1.82, 2.24) is 5.32 Å². The summed E-state index contributed by atoms with van der Waals surface area (Å²) in [7, 11) is 0. The summed E-state index contributed by atoms with van der Waals surface area (Å²) in [5, 5.41) is 13.1. The molecule has 0 radical (unpaired) electrons. The van der Waals surface area contributed by atoms with Crippen molar-refractivity contribution in [2.24, 2.45) is 5.41 Å². The van der Waals surface area contributed by atoms with Gasteiger partial charge in [0.2, 0.25) is 0 Å². The van der Waals surface area contributed by atoms with Crippen molar-refractivity contribution in [2.45, 2.75) is 33.3 Å². The Hall–Kier alpha value is 0.270. The van der Waals surface area contributed by atoms with Crippen LogP contribution in [0.15, 0.2) is 0 Å². The van der Waals surface area contributed by atoms with Gasteiger partial charge in [-0.1, -0.05) is 20.8 Å². The highest BCUT2D eigenvalue weighted by Crippen LogP contribution is 2.12. The number of rotatable bonds is 5. The second-order valence-electron chi connectivity index (χ2n) is 5.09. The third-order valence-corrected chi connectivity index (χ3v) is 2.53. The molecule has 0 bridgehead atoms. The fraction of sp³-hybridized carbons (Fsp3) is 1.00. The molecule has 2 nitrogen and oxygen atoms in total. The Balaban J connectivity index is 3.63. The van der Waals surface area contributed by atoms with E-state index in [0.29, 0.717) is 6.54 Å². The Morgan fingerprint density at radius 1 is 1.15 bits per heavy atom. The Morgan fingerprint density at radius 3 is 2.08 bits per heavy atom. The molecule has 0 fully saturated rings. The fourth-order valence-corrected chi connectivity index (χ4v) is 1.79. The van der Waals surface area contributed by atoms with E-state index in [1.807, 2.05) is 13.2 Å². The van der Waals surface area contributed by atoms with Gasteiger partial charge >= 0.3 is 0 Å². The van der Waals surface area contributed by atoms with Gasteiger partial charge < -0.3 is 10.4 Å². The molecule has 1 unspecified atom stereocenters. The summed E-state index contributed by atoms with van der Waals surface area (Å²) in [5.74, 6) is 0.782. The van der Waals surface area contributed by atoms with E-state index in [2.05, 4.69) is 26.1 Å². The molecule has 0 rings (SSSR count). The molecule has 13 heavy (non-hydrogen) atoms. The van der Waals surface area contributed by atoms with Crippen LogP contribution in [0.25, 0.3) is 0 Å². The van der Waals surface area contributed by atoms with Gasteiger partial charge in [0.15, 0.2) is 0 Å². The fourth-order valence-electron chi connectivity index (χ4n) is 1.07. The van der Waals surface area contributed by atoms with Crippen LogP contribution >= 0.6 is 11.8 Å². The van der Waals surface area contributed by atoms with Crippen LogP contribution in [0.3, 0.4) is 0 Å². The van der Waals surface area contributed by atoms with Gasteiger partial charge in [0.25, 0.3) is 0 Å². The highest BCUT2D eigenvalue weighted by Gasteiger charge is 2.20. The van der Waals surface area contributed by atoms with Crippen molar-refractivity contribution in [2.75, 3.05) is 25.1 Å². The molecule has 0 heterocycles. The SMILES string of the molecule is CSCC(C)(O)CNCC(C)(C)C. The van der Waals surface area contributed by atoms with E-state index in [0.717, 1.165) is 12.3 Å². The lowest BCUT2D eigenvalue weighted by molar-refractivity contribution is 0.0824. The molecule has 1 atom stereocenters. The Morgan fingerprint density at radius 2 is 1.69 bits per heavy atom. The van der Waals surface area contributed by atoms with E-state index >= 15 is 0 Å². The van der Waals surface area contributed by atoms with Gasteiger partial charge in [0, 0.05) is 18.8 Å². The summed E-state index contributed by atoms with van der Waals surface area (Å²) >= 11 is 1.68. The first kappa shape index (κ1) is 13.3. The Kier molecular flexibility index (Phi) is 5.33. The van der Waals surface area contributed by atoms with Crippen molar-refractivity contribution in [1.29, 1.82) is 0 Å². The van der Waals surface area contributed by atoms with Crippen LogP contribution in [0.4, 0.5) is 0 Å². The topological polar surface area (TPSA) is 32.3 Å². The zero-order chi connectivity index (χ0) is 10.5. The molecule has 0 amide bonds. The van der Waals surface area contributed by atoms with E-state index < -0.39 is 5.60 Å². The molecular weight excluding hydrogens is 182 g/mol. The highest BCUT2D eigenvalue weighted by atomic mass is 32.2. The standard InChI is InChI=1S/C10H23NOS/c1-9(2,3)6-11-7-10(4,12)8-13-5/h11-12H,6-8H2,1-5H3. The smallest absolute Gasteiger partial charge is 0.0833 e. The van der Waals surface area contributed by atoms with Crippen LogP contribution in [0.2, 0.25) is 0 Å². The average molecular weight is 205 g/mol.